The summed E-state index contributed by atoms with van der Waals surface area (Å²) < 4.78 is 18.8. The van der Waals surface area contributed by atoms with Gasteiger partial charge < -0.3 is 19.5 Å². The van der Waals surface area contributed by atoms with Gasteiger partial charge in [-0.15, -0.1) is 0 Å². The second kappa shape index (κ2) is 12.2. The fourth-order valence-electron chi connectivity index (χ4n) is 3.71. The quantitative estimate of drug-likeness (QED) is 0.373. The minimum Gasteiger partial charge on any atom is -0.467 e. The van der Waals surface area contributed by atoms with Gasteiger partial charge in [-0.1, -0.05) is 52.0 Å². The van der Waals surface area contributed by atoms with Crippen LogP contribution < -0.4 is 5.32 Å². The van der Waals surface area contributed by atoms with Crippen molar-refractivity contribution in [1.82, 2.24) is 9.80 Å². The molecular formula is C28H34FN3O3. The lowest BCUT2D eigenvalue weighted by Gasteiger charge is -2.28. The summed E-state index contributed by atoms with van der Waals surface area (Å²) >= 11 is 0. The number of urea groups is 1. The highest BCUT2D eigenvalue weighted by atomic mass is 19.1. The Bertz CT molecular complexity index is 1080. The number of amides is 3. The number of nitrogens with one attached hydrogen (secondary N) is 1. The van der Waals surface area contributed by atoms with Crippen molar-refractivity contribution in [2.24, 2.45) is 5.92 Å². The first kappa shape index (κ1) is 26.0. The molecule has 0 aliphatic carbocycles. The van der Waals surface area contributed by atoms with E-state index < -0.39 is 0 Å². The molecule has 0 bridgehead atoms. The third-order valence-corrected chi connectivity index (χ3v) is 5.59. The molecule has 0 saturated carbocycles. The molecule has 0 spiro atoms. The normalized spacial score (nSPS) is 11.1. The van der Waals surface area contributed by atoms with Gasteiger partial charge in [-0.2, -0.15) is 0 Å². The second-order valence-corrected chi connectivity index (χ2v) is 9.44. The Morgan fingerprint density at radius 3 is 2.17 bits per heavy atom. The number of anilines is 1. The molecule has 3 amide bonds. The van der Waals surface area contributed by atoms with E-state index in [4.69, 9.17) is 4.42 Å². The Kier molecular flexibility index (Phi) is 9.06. The Balaban J connectivity index is 1.74. The zero-order valence-electron chi connectivity index (χ0n) is 20.8. The molecule has 186 valence electrons. The molecule has 0 saturated heterocycles. The van der Waals surface area contributed by atoms with Crippen LogP contribution in [-0.2, 0) is 17.9 Å². The molecule has 3 rings (SSSR count). The van der Waals surface area contributed by atoms with Gasteiger partial charge >= 0.3 is 6.03 Å². The molecule has 3 aromatic rings. The van der Waals surface area contributed by atoms with E-state index in [0.717, 1.165) is 5.56 Å². The molecule has 0 aliphatic heterocycles. The highest BCUT2D eigenvalue weighted by molar-refractivity contribution is 5.92. The molecule has 2 aromatic carbocycles. The van der Waals surface area contributed by atoms with E-state index in [-0.39, 0.29) is 43.3 Å². The predicted octanol–water partition coefficient (Wildman–Crippen LogP) is 6.26. The lowest BCUT2D eigenvalue weighted by molar-refractivity contribution is -0.133. The highest BCUT2D eigenvalue weighted by Gasteiger charge is 2.23. The molecule has 0 atom stereocenters. The summed E-state index contributed by atoms with van der Waals surface area (Å²) in [5.41, 5.74) is 2.65. The van der Waals surface area contributed by atoms with E-state index in [1.807, 2.05) is 38.1 Å². The van der Waals surface area contributed by atoms with Gasteiger partial charge in [-0.25, -0.2) is 9.18 Å². The zero-order chi connectivity index (χ0) is 25.4. The molecule has 0 fully saturated rings. The fourth-order valence-corrected chi connectivity index (χ4v) is 3.71. The topological polar surface area (TPSA) is 65.8 Å². The van der Waals surface area contributed by atoms with Gasteiger partial charge in [0, 0.05) is 18.8 Å². The van der Waals surface area contributed by atoms with E-state index >= 15 is 0 Å². The van der Waals surface area contributed by atoms with E-state index in [0.29, 0.717) is 23.9 Å². The summed E-state index contributed by atoms with van der Waals surface area (Å²) in [4.78, 5) is 29.7. The van der Waals surface area contributed by atoms with Crippen molar-refractivity contribution in [2.75, 3.05) is 18.4 Å². The number of carbonyl (C=O) groups is 2. The fraction of sp³-hybridized carbons (Fsp3) is 0.357. The first-order valence-electron chi connectivity index (χ1n) is 11.9. The molecule has 0 radical (unpaired) electrons. The monoisotopic (exact) mass is 479 g/mol. The maximum Gasteiger partial charge on any atom is 0.322 e. The summed E-state index contributed by atoms with van der Waals surface area (Å²) in [5.74, 6) is 0.643. The van der Waals surface area contributed by atoms with Gasteiger partial charge in [0.15, 0.2) is 0 Å². The Morgan fingerprint density at radius 1 is 0.914 bits per heavy atom. The maximum absolute atomic E-state index is 13.4. The van der Waals surface area contributed by atoms with Crippen LogP contribution >= 0.6 is 0 Å². The first-order valence-corrected chi connectivity index (χ1v) is 11.9. The van der Waals surface area contributed by atoms with Crippen LogP contribution in [0.1, 0.15) is 50.5 Å². The lowest BCUT2D eigenvalue weighted by atomic mass is 10.0. The van der Waals surface area contributed by atoms with Crippen LogP contribution in [0.2, 0.25) is 0 Å². The third kappa shape index (κ3) is 7.98. The lowest BCUT2D eigenvalue weighted by Crippen LogP contribution is -2.45. The first-order chi connectivity index (χ1) is 16.7. The van der Waals surface area contributed by atoms with E-state index in [1.165, 1.54) is 22.6 Å². The number of hydrogen-bond acceptors (Lipinski definition) is 3. The number of nitrogens with zero attached hydrogens (tertiary/aromatic N) is 2. The van der Waals surface area contributed by atoms with Crippen LogP contribution in [0.5, 0.6) is 0 Å². The van der Waals surface area contributed by atoms with Crippen molar-refractivity contribution in [3.8, 4) is 0 Å². The van der Waals surface area contributed by atoms with Crippen LogP contribution in [0.25, 0.3) is 0 Å². The van der Waals surface area contributed by atoms with E-state index in [1.54, 1.807) is 35.4 Å². The maximum atomic E-state index is 13.4. The van der Waals surface area contributed by atoms with Crippen LogP contribution in [0.3, 0.4) is 0 Å². The molecule has 35 heavy (non-hydrogen) atoms. The Hall–Kier alpha value is -3.61. The molecule has 7 heteroatoms. The highest BCUT2D eigenvalue weighted by Crippen LogP contribution is 2.18. The molecule has 1 N–H and O–H groups in total. The average Bonchev–Trinajstić information content (AvgIpc) is 3.33. The summed E-state index contributed by atoms with van der Waals surface area (Å²) in [6.45, 7) is 9.09. The second-order valence-electron chi connectivity index (χ2n) is 9.44. The predicted molar refractivity (Wildman–Crippen MR) is 135 cm³/mol. The smallest absolute Gasteiger partial charge is 0.322 e. The minimum absolute atomic E-state index is 0.0873. The summed E-state index contributed by atoms with van der Waals surface area (Å²) in [6.07, 6.45) is 1.55. The van der Waals surface area contributed by atoms with Crippen molar-refractivity contribution in [3.63, 3.8) is 0 Å². The average molecular weight is 480 g/mol. The summed E-state index contributed by atoms with van der Waals surface area (Å²) in [7, 11) is 0. The van der Waals surface area contributed by atoms with E-state index in [2.05, 4.69) is 19.2 Å². The molecular weight excluding hydrogens is 445 g/mol. The SMILES string of the molecule is CC(C)CN(CC(=O)N(Cc1ccc(F)cc1)Cc1ccco1)C(=O)Nc1ccc(C(C)C)cc1. The number of rotatable bonds is 10. The largest absolute Gasteiger partial charge is 0.467 e. The van der Waals surface area contributed by atoms with Crippen LogP contribution in [0.15, 0.2) is 71.3 Å². The van der Waals surface area contributed by atoms with Crippen molar-refractivity contribution >= 4 is 17.6 Å². The van der Waals surface area contributed by atoms with Crippen molar-refractivity contribution in [2.45, 2.75) is 46.7 Å². The molecule has 6 nitrogen and oxygen atoms in total. The van der Waals surface area contributed by atoms with Gasteiger partial charge in [-0.05, 0) is 59.4 Å². The standard InChI is InChI=1S/C28H34FN3O3/c1-20(2)16-32(28(34)30-25-13-9-23(10-14-25)21(3)4)19-27(33)31(18-26-6-5-15-35-26)17-22-7-11-24(29)12-8-22/h5-15,20-21H,16-19H2,1-4H3,(H,30,34). The van der Waals surface area contributed by atoms with Crippen molar-refractivity contribution < 1.29 is 18.4 Å². The Labute approximate surface area is 206 Å². The molecule has 1 heterocycles. The molecule has 0 unspecified atom stereocenters. The van der Waals surface area contributed by atoms with Gasteiger partial charge in [0.1, 0.15) is 18.1 Å². The Morgan fingerprint density at radius 2 is 1.60 bits per heavy atom. The summed E-state index contributed by atoms with van der Waals surface area (Å²) in [6, 6.07) is 17.0. The number of furan rings is 1. The van der Waals surface area contributed by atoms with Gasteiger partial charge in [-0.3, -0.25) is 4.79 Å². The van der Waals surface area contributed by atoms with Crippen molar-refractivity contribution in [3.05, 3.63) is 89.6 Å². The van der Waals surface area contributed by atoms with Gasteiger partial charge in [0.05, 0.1) is 12.8 Å². The van der Waals surface area contributed by atoms with Crippen LogP contribution in [-0.4, -0.2) is 34.8 Å². The van der Waals surface area contributed by atoms with Crippen LogP contribution in [0.4, 0.5) is 14.9 Å². The van der Waals surface area contributed by atoms with Gasteiger partial charge in [0.25, 0.3) is 0 Å². The number of benzene rings is 2. The third-order valence-electron chi connectivity index (χ3n) is 5.59. The number of halogens is 1. The zero-order valence-corrected chi connectivity index (χ0v) is 20.8. The van der Waals surface area contributed by atoms with Gasteiger partial charge in [0.2, 0.25) is 5.91 Å². The van der Waals surface area contributed by atoms with Crippen molar-refractivity contribution in [1.29, 1.82) is 0 Å². The minimum atomic E-state index is -0.334. The number of hydrogen-bond donors (Lipinski definition) is 1. The number of carbonyl (C=O) groups excluding carboxylic acids is 2. The molecule has 0 aliphatic rings. The van der Waals surface area contributed by atoms with E-state index in [9.17, 15) is 14.0 Å². The molecule has 1 aromatic heterocycles. The summed E-state index contributed by atoms with van der Waals surface area (Å²) in [5, 5.41) is 2.92. The van der Waals surface area contributed by atoms with Crippen LogP contribution in [0, 0.1) is 11.7 Å².